The molecule has 0 unspecified atom stereocenters. The normalized spacial score (nSPS) is 15.1. The van der Waals surface area contributed by atoms with E-state index in [1.54, 1.807) is 12.3 Å². The van der Waals surface area contributed by atoms with E-state index in [1.807, 2.05) is 6.07 Å². The van der Waals surface area contributed by atoms with Gasteiger partial charge < -0.3 is 0 Å². The largest absolute Gasteiger partial charge is 0.245 e. The van der Waals surface area contributed by atoms with Crippen molar-refractivity contribution in [3.63, 3.8) is 0 Å². The van der Waals surface area contributed by atoms with Gasteiger partial charge >= 0.3 is 0 Å². The van der Waals surface area contributed by atoms with E-state index in [0.717, 1.165) is 5.69 Å². The van der Waals surface area contributed by atoms with E-state index in [0.29, 0.717) is 22.6 Å². The lowest BCUT2D eigenvalue weighted by molar-refractivity contribution is 0.984. The van der Waals surface area contributed by atoms with E-state index in [1.165, 1.54) is 19.2 Å². The summed E-state index contributed by atoms with van der Waals surface area (Å²) < 4.78 is 0. The highest BCUT2D eigenvalue weighted by molar-refractivity contribution is 6.29. The zero-order valence-electron chi connectivity index (χ0n) is 8.47. The van der Waals surface area contributed by atoms with Crippen LogP contribution < -0.4 is 0 Å². The smallest absolute Gasteiger partial charge is 0.179 e. The molecule has 1 aliphatic rings. The van der Waals surface area contributed by atoms with Gasteiger partial charge in [-0.2, -0.15) is 0 Å². The molecule has 1 aliphatic carbocycles. The van der Waals surface area contributed by atoms with Crippen molar-refractivity contribution in [2.75, 3.05) is 0 Å². The number of nitrogens with zero attached hydrogens (tertiary/aromatic N) is 4. The number of hydrogen-bond acceptors (Lipinski definition) is 4. The topological polar surface area (TPSA) is 51.6 Å². The maximum absolute atomic E-state index is 5.98. The van der Waals surface area contributed by atoms with E-state index in [-0.39, 0.29) is 0 Å². The zero-order valence-corrected chi connectivity index (χ0v) is 9.22. The quantitative estimate of drug-likeness (QED) is 0.747. The summed E-state index contributed by atoms with van der Waals surface area (Å²) in [6, 6.07) is 3.62. The number of hydrogen-bond donors (Lipinski definition) is 0. The molecule has 1 fully saturated rings. The van der Waals surface area contributed by atoms with Crippen molar-refractivity contribution in [1.82, 2.24) is 19.9 Å². The summed E-state index contributed by atoms with van der Waals surface area (Å²) in [5, 5.41) is 0.477. The minimum absolute atomic E-state index is 0.477. The Hall–Kier alpha value is -1.55. The van der Waals surface area contributed by atoms with E-state index in [4.69, 9.17) is 11.6 Å². The molecule has 0 atom stereocenters. The molecule has 0 N–H and O–H groups in total. The molecule has 0 spiro atoms. The minimum atomic E-state index is 0.477. The van der Waals surface area contributed by atoms with Gasteiger partial charge in [-0.15, -0.1) is 0 Å². The van der Waals surface area contributed by atoms with Gasteiger partial charge in [0, 0.05) is 17.8 Å². The summed E-state index contributed by atoms with van der Waals surface area (Å²) in [5.41, 5.74) is 1.73. The highest BCUT2D eigenvalue weighted by Gasteiger charge is 2.26. The van der Waals surface area contributed by atoms with Crippen molar-refractivity contribution in [2.24, 2.45) is 0 Å². The minimum Gasteiger partial charge on any atom is -0.245 e. The fraction of sp³-hybridized carbons (Fsp3) is 0.273. The van der Waals surface area contributed by atoms with Crippen LogP contribution in [-0.4, -0.2) is 19.9 Å². The van der Waals surface area contributed by atoms with Crippen molar-refractivity contribution >= 4 is 11.6 Å². The lowest BCUT2D eigenvalue weighted by Gasteiger charge is -2.02. The Morgan fingerprint density at radius 3 is 2.81 bits per heavy atom. The highest BCUT2D eigenvalue weighted by atomic mass is 35.5. The van der Waals surface area contributed by atoms with Gasteiger partial charge in [0.2, 0.25) is 0 Å². The van der Waals surface area contributed by atoms with Gasteiger partial charge in [-0.25, -0.2) is 19.9 Å². The van der Waals surface area contributed by atoms with Crippen LogP contribution in [0.1, 0.15) is 24.5 Å². The van der Waals surface area contributed by atoms with Crippen LogP contribution in [-0.2, 0) is 0 Å². The summed E-state index contributed by atoms with van der Waals surface area (Å²) in [6.45, 7) is 0. The molecule has 2 aromatic heterocycles. The fourth-order valence-corrected chi connectivity index (χ4v) is 1.75. The summed E-state index contributed by atoms with van der Waals surface area (Å²) >= 11 is 5.98. The van der Waals surface area contributed by atoms with Gasteiger partial charge in [-0.05, 0) is 25.0 Å². The summed E-state index contributed by atoms with van der Waals surface area (Å²) in [7, 11) is 0. The van der Waals surface area contributed by atoms with E-state index >= 15 is 0 Å². The fourth-order valence-electron chi connectivity index (χ4n) is 1.56. The molecule has 3 rings (SSSR count). The van der Waals surface area contributed by atoms with Crippen molar-refractivity contribution in [2.45, 2.75) is 18.8 Å². The summed E-state index contributed by atoms with van der Waals surface area (Å²) in [4.78, 5) is 16.6. The third kappa shape index (κ3) is 1.88. The SMILES string of the molecule is Clc1cc(C2CC2)nc(-c2ccncn2)n1. The predicted octanol–water partition coefficient (Wildman–Crippen LogP) is 2.46. The number of halogens is 1. The van der Waals surface area contributed by atoms with Gasteiger partial charge in [0.15, 0.2) is 5.82 Å². The molecule has 2 heterocycles. The van der Waals surface area contributed by atoms with Crippen molar-refractivity contribution in [3.05, 3.63) is 35.5 Å². The van der Waals surface area contributed by atoms with Gasteiger partial charge in [0.25, 0.3) is 0 Å². The molecular weight excluding hydrogens is 224 g/mol. The van der Waals surface area contributed by atoms with Gasteiger partial charge in [0.1, 0.15) is 17.2 Å². The molecule has 0 bridgehead atoms. The maximum Gasteiger partial charge on any atom is 0.179 e. The zero-order chi connectivity index (χ0) is 11.0. The molecule has 0 aliphatic heterocycles. The van der Waals surface area contributed by atoms with Crippen LogP contribution in [0.25, 0.3) is 11.5 Å². The second-order valence-corrected chi connectivity index (χ2v) is 4.20. The Balaban J connectivity index is 2.06. The Bertz CT molecular complexity index is 511. The molecular formula is C11H9ClN4. The molecule has 2 aromatic rings. The molecule has 16 heavy (non-hydrogen) atoms. The lowest BCUT2D eigenvalue weighted by atomic mass is 10.2. The molecule has 0 saturated heterocycles. The summed E-state index contributed by atoms with van der Waals surface area (Å²) in [6.07, 6.45) is 5.53. The Labute approximate surface area is 97.8 Å². The highest BCUT2D eigenvalue weighted by Crippen LogP contribution is 2.39. The van der Waals surface area contributed by atoms with Crippen molar-refractivity contribution in [3.8, 4) is 11.5 Å². The third-order valence-electron chi connectivity index (χ3n) is 2.52. The molecule has 4 nitrogen and oxygen atoms in total. The standard InChI is InChI=1S/C11H9ClN4/c12-10-5-9(7-1-2-7)15-11(16-10)8-3-4-13-6-14-8/h3-7H,1-2H2. The van der Waals surface area contributed by atoms with Gasteiger partial charge in [-0.3, -0.25) is 0 Å². The Kier molecular flexibility index (Phi) is 2.29. The number of aromatic nitrogens is 4. The molecule has 0 aromatic carbocycles. The van der Waals surface area contributed by atoms with Gasteiger partial charge in [0.05, 0.1) is 0 Å². The van der Waals surface area contributed by atoms with E-state index in [9.17, 15) is 0 Å². The van der Waals surface area contributed by atoms with Crippen LogP contribution in [0.5, 0.6) is 0 Å². The first-order chi connectivity index (χ1) is 7.83. The molecule has 1 saturated carbocycles. The van der Waals surface area contributed by atoms with Crippen LogP contribution in [0.15, 0.2) is 24.7 Å². The third-order valence-corrected chi connectivity index (χ3v) is 2.72. The van der Waals surface area contributed by atoms with E-state index in [2.05, 4.69) is 19.9 Å². The maximum atomic E-state index is 5.98. The Morgan fingerprint density at radius 1 is 1.25 bits per heavy atom. The molecule has 80 valence electrons. The first-order valence-corrected chi connectivity index (χ1v) is 5.51. The lowest BCUT2D eigenvalue weighted by Crippen LogP contribution is -1.96. The summed E-state index contributed by atoms with van der Waals surface area (Å²) in [5.74, 6) is 1.14. The van der Waals surface area contributed by atoms with Crippen LogP contribution in [0.3, 0.4) is 0 Å². The Morgan fingerprint density at radius 2 is 2.12 bits per heavy atom. The second-order valence-electron chi connectivity index (χ2n) is 3.81. The van der Waals surface area contributed by atoms with E-state index < -0.39 is 0 Å². The first-order valence-electron chi connectivity index (χ1n) is 5.14. The average molecular weight is 233 g/mol. The monoisotopic (exact) mass is 232 g/mol. The number of rotatable bonds is 2. The van der Waals surface area contributed by atoms with Crippen molar-refractivity contribution in [1.29, 1.82) is 0 Å². The van der Waals surface area contributed by atoms with Gasteiger partial charge in [-0.1, -0.05) is 11.6 Å². The van der Waals surface area contributed by atoms with Crippen LogP contribution in [0, 0.1) is 0 Å². The van der Waals surface area contributed by atoms with Crippen LogP contribution in [0.4, 0.5) is 0 Å². The second kappa shape index (κ2) is 3.79. The molecule has 5 heteroatoms. The van der Waals surface area contributed by atoms with Crippen molar-refractivity contribution < 1.29 is 0 Å². The van der Waals surface area contributed by atoms with Crippen LogP contribution >= 0.6 is 11.6 Å². The molecule has 0 radical (unpaired) electrons. The first kappa shape index (κ1) is 9.66. The molecule has 0 amide bonds. The van der Waals surface area contributed by atoms with Crippen LogP contribution in [0.2, 0.25) is 5.15 Å². The average Bonchev–Trinajstić information content (AvgIpc) is 3.13. The predicted molar refractivity (Wildman–Crippen MR) is 60.0 cm³/mol.